The van der Waals surface area contributed by atoms with Gasteiger partial charge in [-0.2, -0.15) is 0 Å². The van der Waals surface area contributed by atoms with Crippen molar-refractivity contribution >= 4 is 12.3 Å². The van der Waals surface area contributed by atoms with Gasteiger partial charge in [-0.25, -0.2) is 0 Å². The summed E-state index contributed by atoms with van der Waals surface area (Å²) in [5.41, 5.74) is -0.286. The van der Waals surface area contributed by atoms with E-state index >= 15 is 0 Å². The fourth-order valence-corrected chi connectivity index (χ4v) is 2.21. The maximum absolute atomic E-state index is 11.9. The number of carbonyl (C=O) groups excluding carboxylic acids is 2. The molecule has 1 aliphatic rings. The molecule has 0 aliphatic heterocycles. The van der Waals surface area contributed by atoms with E-state index in [-0.39, 0.29) is 23.2 Å². The number of hydrogen-bond acceptors (Lipinski definition) is 4. The highest BCUT2D eigenvalue weighted by Crippen LogP contribution is 2.57. The van der Waals surface area contributed by atoms with Crippen molar-refractivity contribution in [3.05, 3.63) is 24.3 Å². The summed E-state index contributed by atoms with van der Waals surface area (Å²) in [7, 11) is 1.57. The van der Waals surface area contributed by atoms with Crippen molar-refractivity contribution in [2.75, 3.05) is 7.11 Å². The fourth-order valence-electron chi connectivity index (χ4n) is 2.21. The maximum atomic E-state index is 11.9. The zero-order valence-corrected chi connectivity index (χ0v) is 10.7. The fraction of sp³-hybridized carbons (Fsp3) is 0.429. The average molecular weight is 248 g/mol. The Morgan fingerprint density at radius 1 is 1.22 bits per heavy atom. The lowest BCUT2D eigenvalue weighted by Gasteiger charge is -2.06. The monoisotopic (exact) mass is 248 g/mol. The summed E-state index contributed by atoms with van der Waals surface area (Å²) in [6.45, 7) is 3.79. The van der Waals surface area contributed by atoms with Crippen LogP contribution >= 0.6 is 0 Å². The lowest BCUT2D eigenvalue weighted by molar-refractivity contribution is -0.137. The Hall–Kier alpha value is -1.84. The number of carbonyl (C=O) groups is 2. The van der Waals surface area contributed by atoms with Gasteiger partial charge in [0.1, 0.15) is 17.8 Å². The number of rotatable bonds is 4. The van der Waals surface area contributed by atoms with Crippen molar-refractivity contribution in [2.24, 2.45) is 17.3 Å². The molecule has 0 aromatic heterocycles. The van der Waals surface area contributed by atoms with Gasteiger partial charge in [0, 0.05) is 5.92 Å². The predicted molar refractivity (Wildman–Crippen MR) is 65.5 cm³/mol. The number of benzene rings is 1. The zero-order chi connectivity index (χ0) is 13.3. The molecule has 1 fully saturated rings. The molecule has 2 atom stereocenters. The quantitative estimate of drug-likeness (QED) is 0.465. The van der Waals surface area contributed by atoms with E-state index in [4.69, 9.17) is 9.47 Å². The van der Waals surface area contributed by atoms with Crippen molar-refractivity contribution in [1.29, 1.82) is 0 Å². The first-order chi connectivity index (χ1) is 8.50. The second kappa shape index (κ2) is 4.44. The Labute approximate surface area is 106 Å². The van der Waals surface area contributed by atoms with Crippen LogP contribution in [0, 0.1) is 17.3 Å². The van der Waals surface area contributed by atoms with Crippen LogP contribution in [0.4, 0.5) is 0 Å². The van der Waals surface area contributed by atoms with Crippen molar-refractivity contribution in [2.45, 2.75) is 13.8 Å². The lowest BCUT2D eigenvalue weighted by atomic mass is 10.1. The minimum absolute atomic E-state index is 0.233. The molecular formula is C14H16O4. The molecule has 0 radical (unpaired) electrons. The van der Waals surface area contributed by atoms with Crippen LogP contribution in [0.2, 0.25) is 0 Å². The molecule has 96 valence electrons. The number of aldehydes is 1. The number of ether oxygens (including phenoxy) is 2. The third-order valence-corrected chi connectivity index (χ3v) is 3.59. The molecule has 0 unspecified atom stereocenters. The summed E-state index contributed by atoms with van der Waals surface area (Å²) in [6, 6.07) is 6.78. The Morgan fingerprint density at radius 2 is 1.78 bits per heavy atom. The molecule has 2 rings (SSSR count). The van der Waals surface area contributed by atoms with Crippen molar-refractivity contribution < 1.29 is 19.1 Å². The zero-order valence-electron chi connectivity index (χ0n) is 10.7. The van der Waals surface area contributed by atoms with Crippen LogP contribution in [0.25, 0.3) is 0 Å². The van der Waals surface area contributed by atoms with Crippen molar-refractivity contribution in [1.82, 2.24) is 0 Å². The molecule has 1 aromatic rings. The summed E-state index contributed by atoms with van der Waals surface area (Å²) < 4.78 is 10.3. The van der Waals surface area contributed by atoms with E-state index in [0.717, 1.165) is 6.29 Å². The van der Waals surface area contributed by atoms with Crippen LogP contribution in [-0.4, -0.2) is 19.4 Å². The molecule has 4 nitrogen and oxygen atoms in total. The Kier molecular flexibility index (Phi) is 3.11. The smallest absolute Gasteiger partial charge is 0.315 e. The molecule has 0 saturated heterocycles. The van der Waals surface area contributed by atoms with E-state index in [1.165, 1.54) is 0 Å². The highest BCUT2D eigenvalue weighted by molar-refractivity contribution is 5.85. The predicted octanol–water partition coefficient (Wildman–Crippen LogP) is 2.07. The molecule has 0 spiro atoms. The van der Waals surface area contributed by atoms with Gasteiger partial charge >= 0.3 is 5.97 Å². The molecular weight excluding hydrogens is 232 g/mol. The minimum atomic E-state index is -0.345. The van der Waals surface area contributed by atoms with Crippen LogP contribution in [0.1, 0.15) is 13.8 Å². The van der Waals surface area contributed by atoms with E-state index in [1.807, 2.05) is 13.8 Å². The molecule has 0 N–H and O–H groups in total. The van der Waals surface area contributed by atoms with Gasteiger partial charge in [-0.3, -0.25) is 4.79 Å². The molecule has 0 bridgehead atoms. The first kappa shape index (κ1) is 12.6. The van der Waals surface area contributed by atoms with Crippen LogP contribution < -0.4 is 9.47 Å². The SMILES string of the molecule is COc1ccc(OC(=O)[C@@H]2[C@H](C=O)C2(C)C)cc1. The van der Waals surface area contributed by atoms with Gasteiger partial charge in [0.2, 0.25) is 0 Å². The van der Waals surface area contributed by atoms with Gasteiger partial charge in [-0.05, 0) is 29.7 Å². The summed E-state index contributed by atoms with van der Waals surface area (Å²) in [6.07, 6.45) is 0.833. The maximum Gasteiger partial charge on any atom is 0.315 e. The number of hydrogen-bond donors (Lipinski definition) is 0. The standard InChI is InChI=1S/C14H16O4/c1-14(2)11(8-15)12(14)13(16)18-10-6-4-9(17-3)5-7-10/h4-8,11-12H,1-3H3/t11-,12-/m0/s1. The van der Waals surface area contributed by atoms with E-state index in [9.17, 15) is 9.59 Å². The number of methoxy groups -OCH3 is 1. The van der Waals surface area contributed by atoms with Gasteiger partial charge in [-0.1, -0.05) is 13.8 Å². The second-order valence-electron chi connectivity index (χ2n) is 5.06. The minimum Gasteiger partial charge on any atom is -0.497 e. The third kappa shape index (κ3) is 2.10. The topological polar surface area (TPSA) is 52.6 Å². The summed E-state index contributed by atoms with van der Waals surface area (Å²) >= 11 is 0. The lowest BCUT2D eigenvalue weighted by Crippen LogP contribution is -2.14. The molecule has 1 aliphatic carbocycles. The number of esters is 1. The van der Waals surface area contributed by atoms with Gasteiger partial charge in [0.25, 0.3) is 0 Å². The van der Waals surface area contributed by atoms with Crippen LogP contribution in [-0.2, 0) is 9.59 Å². The summed E-state index contributed by atoms with van der Waals surface area (Å²) in [5, 5.41) is 0. The highest BCUT2D eigenvalue weighted by Gasteiger charge is 2.62. The average Bonchev–Trinajstić information content (AvgIpc) is 2.92. The van der Waals surface area contributed by atoms with E-state index in [0.29, 0.717) is 11.5 Å². The van der Waals surface area contributed by atoms with E-state index < -0.39 is 0 Å². The first-order valence-corrected chi connectivity index (χ1v) is 5.81. The molecule has 4 heteroatoms. The molecule has 0 heterocycles. The van der Waals surface area contributed by atoms with Gasteiger partial charge in [0.05, 0.1) is 13.0 Å². The van der Waals surface area contributed by atoms with Gasteiger partial charge in [-0.15, -0.1) is 0 Å². The van der Waals surface area contributed by atoms with Crippen LogP contribution in [0.15, 0.2) is 24.3 Å². The molecule has 1 aromatic carbocycles. The third-order valence-electron chi connectivity index (χ3n) is 3.59. The Morgan fingerprint density at radius 3 is 2.22 bits per heavy atom. The molecule has 18 heavy (non-hydrogen) atoms. The normalized spacial score (nSPS) is 24.2. The molecule has 0 amide bonds. The Bertz CT molecular complexity index is 461. The summed E-state index contributed by atoms with van der Waals surface area (Å²) in [5.74, 6) is 0.253. The van der Waals surface area contributed by atoms with Crippen molar-refractivity contribution in [3.8, 4) is 11.5 Å². The Balaban J connectivity index is 2.02. The van der Waals surface area contributed by atoms with Crippen LogP contribution in [0.3, 0.4) is 0 Å². The van der Waals surface area contributed by atoms with Crippen molar-refractivity contribution in [3.63, 3.8) is 0 Å². The first-order valence-electron chi connectivity index (χ1n) is 5.81. The second-order valence-corrected chi connectivity index (χ2v) is 5.06. The summed E-state index contributed by atoms with van der Waals surface area (Å²) in [4.78, 5) is 22.7. The van der Waals surface area contributed by atoms with Gasteiger partial charge in [0.15, 0.2) is 0 Å². The highest BCUT2D eigenvalue weighted by atomic mass is 16.5. The van der Waals surface area contributed by atoms with E-state index in [1.54, 1.807) is 31.4 Å². The van der Waals surface area contributed by atoms with Crippen LogP contribution in [0.5, 0.6) is 11.5 Å². The van der Waals surface area contributed by atoms with Gasteiger partial charge < -0.3 is 14.3 Å². The van der Waals surface area contributed by atoms with E-state index in [2.05, 4.69) is 0 Å². The molecule has 1 saturated carbocycles. The largest absolute Gasteiger partial charge is 0.497 e.